The van der Waals surface area contributed by atoms with Gasteiger partial charge in [-0.25, -0.2) is 0 Å². The van der Waals surface area contributed by atoms with E-state index in [1.54, 1.807) is 16.2 Å². The molecule has 5 heterocycles. The minimum Gasteiger partial charge on any atom is -0.274 e. The fourth-order valence-electron chi connectivity index (χ4n) is 6.21. The highest BCUT2D eigenvalue weighted by Gasteiger charge is 2.47. The van der Waals surface area contributed by atoms with Crippen molar-refractivity contribution in [3.8, 4) is 19.5 Å². The summed E-state index contributed by atoms with van der Waals surface area (Å²) in [4.78, 5) is 36.1. The van der Waals surface area contributed by atoms with Crippen LogP contribution in [-0.2, 0) is 0 Å². The molecule has 2 atom stereocenters. The molecule has 0 radical (unpaired) electrons. The second kappa shape index (κ2) is 9.70. The number of hydrogen-bond donors (Lipinski definition) is 0. The van der Waals surface area contributed by atoms with Crippen molar-refractivity contribution in [2.45, 2.75) is 59.9 Å². The zero-order chi connectivity index (χ0) is 26.8. The zero-order valence-corrected chi connectivity index (χ0v) is 26.1. The van der Waals surface area contributed by atoms with E-state index in [4.69, 9.17) is 0 Å². The molecule has 0 N–H and O–H groups in total. The molecule has 3 aromatic heterocycles. The summed E-state index contributed by atoms with van der Waals surface area (Å²) in [6.45, 7) is 11.6. The summed E-state index contributed by atoms with van der Waals surface area (Å²) in [6, 6.07) is 15.7. The number of hydrogen-bond acceptors (Lipinski definition) is 5. The number of rotatable bonds is 8. The van der Waals surface area contributed by atoms with Crippen LogP contribution >= 0.6 is 34.0 Å². The zero-order valence-electron chi connectivity index (χ0n) is 22.6. The molecule has 1 aromatic carbocycles. The predicted molar refractivity (Wildman–Crippen MR) is 166 cm³/mol. The summed E-state index contributed by atoms with van der Waals surface area (Å²) in [5, 5.41) is 4.38. The van der Waals surface area contributed by atoms with Crippen molar-refractivity contribution >= 4 is 69.5 Å². The molecule has 0 fully saturated rings. The van der Waals surface area contributed by atoms with Crippen LogP contribution in [0.15, 0.2) is 42.5 Å². The minimum absolute atomic E-state index is 0.0938. The van der Waals surface area contributed by atoms with Gasteiger partial charge in [-0.1, -0.05) is 70.0 Å². The molecule has 0 spiro atoms. The number of aryl methyl sites for hydroxylation is 2. The van der Waals surface area contributed by atoms with Crippen molar-refractivity contribution in [3.05, 3.63) is 63.3 Å². The number of thiophene rings is 3. The highest BCUT2D eigenvalue weighted by atomic mass is 32.1. The van der Waals surface area contributed by atoms with Gasteiger partial charge in [0.15, 0.2) is 0 Å². The number of fused-ring (bicyclic) bond motifs is 4. The summed E-state index contributed by atoms with van der Waals surface area (Å²) in [7, 11) is -2.13. The third kappa shape index (κ3) is 3.77. The monoisotopic (exact) mass is 575 g/mol. The molecule has 4 aromatic rings. The number of imide groups is 1. The van der Waals surface area contributed by atoms with Gasteiger partial charge in [0.05, 0.1) is 16.0 Å². The van der Waals surface area contributed by atoms with Crippen LogP contribution in [0.1, 0.15) is 70.0 Å². The lowest BCUT2D eigenvalue weighted by Gasteiger charge is -2.24. The molecule has 0 saturated carbocycles. The Balaban J connectivity index is 1.43. The molecule has 2 amide bonds. The van der Waals surface area contributed by atoms with E-state index in [1.165, 1.54) is 30.2 Å². The van der Waals surface area contributed by atoms with Crippen LogP contribution in [0.2, 0.25) is 6.55 Å². The highest BCUT2D eigenvalue weighted by molar-refractivity contribution is 7.33. The molecule has 0 bridgehead atoms. The molecule has 6 rings (SSSR count). The van der Waals surface area contributed by atoms with Crippen LogP contribution in [-0.4, -0.2) is 31.3 Å². The Morgan fingerprint density at radius 2 is 1.55 bits per heavy atom. The number of unbranched alkanes of at least 4 members (excludes halogenated alkanes) is 1. The molecule has 2 aliphatic rings. The van der Waals surface area contributed by atoms with E-state index in [0.29, 0.717) is 23.6 Å². The van der Waals surface area contributed by atoms with Crippen molar-refractivity contribution < 1.29 is 9.59 Å². The topological polar surface area (TPSA) is 37.4 Å². The molecule has 2 aliphatic heterocycles. The van der Waals surface area contributed by atoms with Gasteiger partial charge < -0.3 is 0 Å². The van der Waals surface area contributed by atoms with Gasteiger partial charge in [0.2, 0.25) is 0 Å². The number of nitrogens with zero attached hydrogens (tertiary/aromatic N) is 1. The standard InChI is InChI=1S/C31H33NO2S3Si/c1-6-8-12-20(7-2)17-32-30(33)25-19(4)36-27(26(25)31(32)34)22-16-24-29(37-22)28-23(15-18(3)35-28)38(24,5)21-13-10-9-11-14-21/h9-11,13-16,20H,6-8,12,17H2,1-5H3. The number of carbonyl (C=O) groups is 2. The average molecular weight is 576 g/mol. The van der Waals surface area contributed by atoms with Crippen molar-refractivity contribution in [2.24, 2.45) is 5.92 Å². The molecule has 2 unspecified atom stereocenters. The van der Waals surface area contributed by atoms with Crippen molar-refractivity contribution in [1.82, 2.24) is 4.90 Å². The summed E-state index contributed by atoms with van der Waals surface area (Å²) >= 11 is 5.32. The molecule has 196 valence electrons. The lowest BCUT2D eigenvalue weighted by Crippen LogP contribution is -2.61. The van der Waals surface area contributed by atoms with Gasteiger partial charge in [-0.2, -0.15) is 0 Å². The van der Waals surface area contributed by atoms with Crippen LogP contribution in [0, 0.1) is 19.8 Å². The third-order valence-electron chi connectivity index (χ3n) is 8.43. The van der Waals surface area contributed by atoms with Crippen LogP contribution in [0.3, 0.4) is 0 Å². The van der Waals surface area contributed by atoms with Gasteiger partial charge in [0, 0.05) is 30.9 Å². The van der Waals surface area contributed by atoms with Gasteiger partial charge in [-0.05, 0) is 53.9 Å². The Morgan fingerprint density at radius 3 is 2.26 bits per heavy atom. The fraction of sp³-hybridized carbons (Fsp3) is 0.355. The molecule has 0 aliphatic carbocycles. The van der Waals surface area contributed by atoms with Gasteiger partial charge in [-0.15, -0.1) is 34.0 Å². The van der Waals surface area contributed by atoms with E-state index >= 15 is 0 Å². The largest absolute Gasteiger partial charge is 0.274 e. The third-order valence-corrected chi connectivity index (χ3v) is 16.9. The van der Waals surface area contributed by atoms with Crippen LogP contribution < -0.4 is 15.6 Å². The average Bonchev–Trinajstić information content (AvgIpc) is 3.69. The van der Waals surface area contributed by atoms with Gasteiger partial charge in [0.25, 0.3) is 11.8 Å². The quantitative estimate of drug-likeness (QED) is 0.167. The highest BCUT2D eigenvalue weighted by Crippen LogP contribution is 2.47. The first kappa shape index (κ1) is 25.9. The Kier molecular flexibility index (Phi) is 6.62. The van der Waals surface area contributed by atoms with Gasteiger partial charge in [-0.3, -0.25) is 14.5 Å². The number of amides is 2. The Bertz CT molecular complexity index is 1560. The van der Waals surface area contributed by atoms with Gasteiger partial charge in [0.1, 0.15) is 8.07 Å². The molecule has 3 nitrogen and oxygen atoms in total. The number of benzene rings is 1. The summed E-state index contributed by atoms with van der Waals surface area (Å²) in [6.07, 6.45) is 4.31. The summed E-state index contributed by atoms with van der Waals surface area (Å²) in [5.41, 5.74) is 1.29. The Morgan fingerprint density at radius 1 is 0.868 bits per heavy atom. The first-order valence-corrected chi connectivity index (χ1v) is 18.6. The normalized spacial score (nSPS) is 18.7. The predicted octanol–water partition coefficient (Wildman–Crippen LogP) is 7.05. The fourth-order valence-corrected chi connectivity index (χ4v) is 15.4. The maximum absolute atomic E-state index is 13.8. The van der Waals surface area contributed by atoms with Crippen molar-refractivity contribution in [2.75, 3.05) is 6.54 Å². The SMILES string of the molecule is CCCCC(CC)CN1C(=O)c2c(C)sc(-c3cc4c(s3)-c3sc(C)cc3[Si]4(C)c3ccccc3)c2C1=O. The Hall–Kier alpha value is -2.32. The van der Waals surface area contributed by atoms with E-state index in [0.717, 1.165) is 40.3 Å². The minimum atomic E-state index is -2.13. The van der Waals surface area contributed by atoms with E-state index in [9.17, 15) is 9.59 Å². The maximum Gasteiger partial charge on any atom is 0.263 e. The molecular formula is C31H33NO2S3Si. The molecule has 38 heavy (non-hydrogen) atoms. The lowest BCUT2D eigenvalue weighted by atomic mass is 9.99. The van der Waals surface area contributed by atoms with Crippen molar-refractivity contribution in [1.29, 1.82) is 0 Å². The second-order valence-corrected chi connectivity index (χ2v) is 18.3. The van der Waals surface area contributed by atoms with Crippen molar-refractivity contribution in [3.63, 3.8) is 0 Å². The smallest absolute Gasteiger partial charge is 0.263 e. The Labute approximate surface area is 238 Å². The van der Waals surface area contributed by atoms with Crippen LogP contribution in [0.25, 0.3) is 19.5 Å². The van der Waals surface area contributed by atoms with Crippen LogP contribution in [0.4, 0.5) is 0 Å². The van der Waals surface area contributed by atoms with Crippen LogP contribution in [0.5, 0.6) is 0 Å². The first-order valence-electron chi connectivity index (χ1n) is 13.6. The summed E-state index contributed by atoms with van der Waals surface area (Å²) < 4.78 is 0. The molecular weight excluding hydrogens is 543 g/mol. The molecule has 7 heteroatoms. The van der Waals surface area contributed by atoms with E-state index in [1.807, 2.05) is 29.6 Å². The first-order chi connectivity index (χ1) is 18.3. The lowest BCUT2D eigenvalue weighted by molar-refractivity contribution is 0.0624. The maximum atomic E-state index is 13.8. The second-order valence-electron chi connectivity index (χ2n) is 10.8. The van der Waals surface area contributed by atoms with E-state index < -0.39 is 8.07 Å². The van der Waals surface area contributed by atoms with Gasteiger partial charge >= 0.3 is 0 Å². The van der Waals surface area contributed by atoms with E-state index in [2.05, 4.69) is 69.8 Å². The summed E-state index contributed by atoms with van der Waals surface area (Å²) in [5.74, 6) is 0.176. The molecule has 0 saturated heterocycles. The van der Waals surface area contributed by atoms with E-state index in [-0.39, 0.29) is 11.8 Å². The number of carbonyl (C=O) groups excluding carboxylic acids is 2.